The molecule has 1 atom stereocenters. The lowest BCUT2D eigenvalue weighted by Gasteiger charge is -2.18. The van der Waals surface area contributed by atoms with E-state index in [4.69, 9.17) is 10.8 Å². The summed E-state index contributed by atoms with van der Waals surface area (Å²) in [5, 5.41) is 27.6. The van der Waals surface area contributed by atoms with Crippen LogP contribution in [0.4, 0.5) is 0 Å². The minimum atomic E-state index is -0.931. The summed E-state index contributed by atoms with van der Waals surface area (Å²) in [6.45, 7) is 3.55. The molecule has 0 saturated carbocycles. The number of aromatic hydroxyl groups is 2. The first-order chi connectivity index (χ1) is 12.2. The maximum atomic E-state index is 12.2. The highest BCUT2D eigenvalue weighted by molar-refractivity contribution is 6.30. The van der Waals surface area contributed by atoms with Crippen LogP contribution in [0, 0.1) is 5.92 Å². The van der Waals surface area contributed by atoms with Crippen LogP contribution in [-0.4, -0.2) is 38.9 Å². The Morgan fingerprint density at radius 2 is 1.31 bits per heavy atom. The van der Waals surface area contributed by atoms with E-state index >= 15 is 0 Å². The van der Waals surface area contributed by atoms with Gasteiger partial charge in [0.05, 0.1) is 11.1 Å². The zero-order chi connectivity index (χ0) is 19.6. The summed E-state index contributed by atoms with van der Waals surface area (Å²) in [6.07, 6.45) is 0. The Balaban J connectivity index is 0.000000260. The van der Waals surface area contributed by atoms with Crippen molar-refractivity contribution in [3.05, 3.63) is 58.7 Å². The van der Waals surface area contributed by atoms with Gasteiger partial charge in [-0.3, -0.25) is 14.4 Å². The van der Waals surface area contributed by atoms with Crippen LogP contribution in [0.5, 0.6) is 11.5 Å². The predicted molar refractivity (Wildman–Crippen MR) is 93.5 cm³/mol. The van der Waals surface area contributed by atoms with Crippen LogP contribution in [0.25, 0.3) is 0 Å². The van der Waals surface area contributed by atoms with Gasteiger partial charge < -0.3 is 21.1 Å². The normalized spacial score (nSPS) is 13.4. The van der Waals surface area contributed by atoms with Crippen molar-refractivity contribution < 1.29 is 29.7 Å². The summed E-state index contributed by atoms with van der Waals surface area (Å²) in [5.74, 6) is -2.31. The molecule has 0 amide bonds. The molecule has 1 aliphatic rings. The van der Waals surface area contributed by atoms with Gasteiger partial charge in [-0.25, -0.2) is 0 Å². The van der Waals surface area contributed by atoms with Crippen LogP contribution in [0.2, 0.25) is 0 Å². The number of aliphatic carboxylic acids is 1. The number of hydrogen-bond donors (Lipinski definition) is 4. The molecule has 0 aromatic heterocycles. The summed E-state index contributed by atoms with van der Waals surface area (Å²) >= 11 is 0. The van der Waals surface area contributed by atoms with Gasteiger partial charge in [-0.2, -0.15) is 0 Å². The molecule has 0 saturated heterocycles. The number of ketones is 2. The smallest absolute Gasteiger partial charge is 0.320 e. The van der Waals surface area contributed by atoms with Gasteiger partial charge in [-0.15, -0.1) is 0 Å². The topological polar surface area (TPSA) is 138 Å². The lowest BCUT2D eigenvalue weighted by molar-refractivity contribution is -0.139. The van der Waals surface area contributed by atoms with Gasteiger partial charge in [0.15, 0.2) is 5.78 Å². The van der Waals surface area contributed by atoms with E-state index in [1.54, 1.807) is 13.8 Å². The fourth-order valence-electron chi connectivity index (χ4n) is 2.49. The minimum absolute atomic E-state index is 0.0208. The molecule has 3 rings (SSSR count). The molecule has 0 radical (unpaired) electrons. The number of carbonyl (C=O) groups is 3. The first kappa shape index (κ1) is 19.1. The number of carbonyl (C=O) groups excluding carboxylic acids is 2. The molecule has 0 spiro atoms. The fraction of sp³-hybridized carbons (Fsp3) is 0.211. The highest BCUT2D eigenvalue weighted by atomic mass is 16.4. The number of hydrogen-bond acceptors (Lipinski definition) is 6. The molecule has 0 unspecified atom stereocenters. The van der Waals surface area contributed by atoms with Crippen LogP contribution in [-0.2, 0) is 4.79 Å². The summed E-state index contributed by atoms with van der Waals surface area (Å²) in [5.41, 5.74) is 5.40. The van der Waals surface area contributed by atoms with E-state index in [1.165, 1.54) is 36.4 Å². The number of benzene rings is 2. The standard InChI is InChI=1S/C14H8O4.C5H11NO2/c15-9-5-1-3-7-11(9)14(18)12-8(13(7)17)4-2-6-10(12)16;1-3(2)4(6)5(7)8/h1-6,15-16H;3-4H,6H2,1-2H3,(H,7,8)/t;4-/m.0/s1. The maximum Gasteiger partial charge on any atom is 0.320 e. The van der Waals surface area contributed by atoms with Crippen molar-refractivity contribution in [1.29, 1.82) is 0 Å². The van der Waals surface area contributed by atoms with Crippen molar-refractivity contribution in [2.45, 2.75) is 19.9 Å². The van der Waals surface area contributed by atoms with Gasteiger partial charge in [0.1, 0.15) is 17.5 Å². The van der Waals surface area contributed by atoms with Crippen molar-refractivity contribution in [3.63, 3.8) is 0 Å². The molecule has 7 nitrogen and oxygen atoms in total. The molecule has 0 fully saturated rings. The first-order valence-corrected chi connectivity index (χ1v) is 7.88. The van der Waals surface area contributed by atoms with E-state index in [9.17, 15) is 24.6 Å². The highest BCUT2D eigenvalue weighted by Gasteiger charge is 2.33. The highest BCUT2D eigenvalue weighted by Crippen LogP contribution is 2.35. The largest absolute Gasteiger partial charge is 0.507 e. The number of fused-ring (bicyclic) bond motifs is 2. The zero-order valence-corrected chi connectivity index (χ0v) is 14.3. The van der Waals surface area contributed by atoms with E-state index in [-0.39, 0.29) is 45.5 Å². The van der Waals surface area contributed by atoms with Crippen molar-refractivity contribution in [1.82, 2.24) is 0 Å². The van der Waals surface area contributed by atoms with Crippen molar-refractivity contribution in [2.24, 2.45) is 11.7 Å². The second kappa shape index (κ2) is 7.37. The molecule has 5 N–H and O–H groups in total. The summed E-state index contributed by atoms with van der Waals surface area (Å²) in [7, 11) is 0. The first-order valence-electron chi connectivity index (χ1n) is 7.88. The monoisotopic (exact) mass is 357 g/mol. The lowest BCUT2D eigenvalue weighted by Crippen LogP contribution is -2.34. The molecule has 26 heavy (non-hydrogen) atoms. The molecule has 1 aliphatic carbocycles. The second-order valence-electron chi connectivity index (χ2n) is 6.17. The Morgan fingerprint density at radius 3 is 1.62 bits per heavy atom. The molecular weight excluding hydrogens is 338 g/mol. The van der Waals surface area contributed by atoms with Gasteiger partial charge in [-0.1, -0.05) is 38.1 Å². The van der Waals surface area contributed by atoms with E-state index in [0.29, 0.717) is 0 Å². The van der Waals surface area contributed by atoms with Gasteiger partial charge >= 0.3 is 5.97 Å². The number of carboxylic acid groups (broad SMARTS) is 1. The molecule has 0 aliphatic heterocycles. The summed E-state index contributed by atoms with van der Waals surface area (Å²) < 4.78 is 0. The average molecular weight is 357 g/mol. The van der Waals surface area contributed by atoms with E-state index in [2.05, 4.69) is 0 Å². The number of carboxylic acids is 1. The maximum absolute atomic E-state index is 12.2. The predicted octanol–water partition coefficient (Wildman–Crippen LogP) is 1.93. The van der Waals surface area contributed by atoms with Gasteiger partial charge in [0.25, 0.3) is 0 Å². The minimum Gasteiger partial charge on any atom is -0.507 e. The molecule has 136 valence electrons. The number of rotatable bonds is 2. The molecule has 2 aromatic carbocycles. The number of phenols is 2. The third-order valence-electron chi connectivity index (χ3n) is 4.03. The third kappa shape index (κ3) is 3.43. The average Bonchev–Trinajstić information content (AvgIpc) is 2.59. The second-order valence-corrected chi connectivity index (χ2v) is 6.17. The summed E-state index contributed by atoms with van der Waals surface area (Å²) in [6, 6.07) is 7.96. The number of nitrogens with two attached hydrogens (primary N) is 1. The zero-order valence-electron chi connectivity index (χ0n) is 14.3. The van der Waals surface area contributed by atoms with Crippen molar-refractivity contribution >= 4 is 17.5 Å². The van der Waals surface area contributed by atoms with Crippen molar-refractivity contribution in [3.8, 4) is 11.5 Å². The van der Waals surface area contributed by atoms with Crippen LogP contribution in [0.1, 0.15) is 45.7 Å². The van der Waals surface area contributed by atoms with Crippen molar-refractivity contribution in [2.75, 3.05) is 0 Å². The van der Waals surface area contributed by atoms with E-state index in [1.807, 2.05) is 0 Å². The lowest BCUT2D eigenvalue weighted by atomic mass is 9.83. The Bertz CT molecular complexity index is 830. The molecule has 0 heterocycles. The molecule has 7 heteroatoms. The van der Waals surface area contributed by atoms with Crippen LogP contribution in [0.15, 0.2) is 36.4 Å². The van der Waals surface area contributed by atoms with Gasteiger partial charge in [-0.05, 0) is 18.1 Å². The van der Waals surface area contributed by atoms with Crippen LogP contribution < -0.4 is 5.73 Å². The Hall–Kier alpha value is -3.19. The SMILES string of the molecule is CC(C)[C@H](N)C(=O)O.O=C1c2cccc(O)c2C(=O)c2c(O)cccc21. The van der Waals surface area contributed by atoms with E-state index < -0.39 is 17.8 Å². The van der Waals surface area contributed by atoms with Crippen LogP contribution in [0.3, 0.4) is 0 Å². The quantitative estimate of drug-likeness (QED) is 0.550. The molecule has 0 bridgehead atoms. The molecule has 2 aromatic rings. The molecular formula is C19H19NO6. The Morgan fingerprint density at radius 1 is 0.885 bits per heavy atom. The Kier molecular flexibility index (Phi) is 5.42. The van der Waals surface area contributed by atoms with Crippen LogP contribution >= 0.6 is 0 Å². The Labute approximate surface area is 149 Å². The third-order valence-corrected chi connectivity index (χ3v) is 4.03. The van der Waals surface area contributed by atoms with Gasteiger partial charge in [0, 0.05) is 11.1 Å². The number of phenolic OH excluding ortho intramolecular Hbond substituents is 2. The summed E-state index contributed by atoms with van der Waals surface area (Å²) in [4.78, 5) is 34.4. The fourth-order valence-corrected chi connectivity index (χ4v) is 2.49. The van der Waals surface area contributed by atoms with E-state index in [0.717, 1.165) is 0 Å². The van der Waals surface area contributed by atoms with Gasteiger partial charge in [0.2, 0.25) is 5.78 Å².